The van der Waals surface area contributed by atoms with Crippen molar-refractivity contribution in [3.63, 3.8) is 0 Å². The van der Waals surface area contributed by atoms with Crippen molar-refractivity contribution >= 4 is 29.4 Å². The minimum atomic E-state index is -0.762. The van der Waals surface area contributed by atoms with Gasteiger partial charge in [-0.3, -0.25) is 9.59 Å². The number of ether oxygens (including phenoxy) is 2. The predicted molar refractivity (Wildman–Crippen MR) is 89.5 cm³/mol. The van der Waals surface area contributed by atoms with E-state index >= 15 is 0 Å². The highest BCUT2D eigenvalue weighted by Gasteiger charge is 2.26. The fraction of sp³-hybridized carbons (Fsp3) is 0.471. The lowest BCUT2D eigenvalue weighted by atomic mass is 9.99. The quantitative estimate of drug-likeness (QED) is 0.722. The number of benzene rings is 1. The summed E-state index contributed by atoms with van der Waals surface area (Å²) in [5.74, 6) is -1.70. The number of hydrogen-bond acceptors (Lipinski definition) is 5. The molecule has 0 aromatic heterocycles. The zero-order chi connectivity index (χ0) is 18.1. The molecule has 1 aromatic carbocycles. The molecule has 1 aromatic rings. The van der Waals surface area contributed by atoms with E-state index in [2.05, 4.69) is 10.1 Å². The topological polar surface area (TPSA) is 81.7 Å². The van der Waals surface area contributed by atoms with Crippen LogP contribution in [0.25, 0.3) is 0 Å². The lowest BCUT2D eigenvalue weighted by molar-refractivity contribution is -0.150. The molecule has 0 aliphatic heterocycles. The molecule has 6 nitrogen and oxygen atoms in total. The summed E-state index contributed by atoms with van der Waals surface area (Å²) in [6.45, 7) is 3.28. The summed E-state index contributed by atoms with van der Waals surface area (Å²) < 4.78 is 9.61. The molecule has 1 N–H and O–H groups in total. The van der Waals surface area contributed by atoms with Crippen LogP contribution in [0.2, 0.25) is 5.02 Å². The SMILES string of the molecule is CC[C@@H](C)[C@H](NC(=O)COC(=O)Cc1ccc(Cl)cc1)C(=O)OC. The molecule has 0 saturated heterocycles. The minimum absolute atomic E-state index is 0.0379. The fourth-order valence-electron chi connectivity index (χ4n) is 1.98. The molecule has 0 fully saturated rings. The average Bonchev–Trinajstić information content (AvgIpc) is 2.58. The summed E-state index contributed by atoms with van der Waals surface area (Å²) in [6, 6.07) is 6.00. The number of methoxy groups -OCH3 is 1. The van der Waals surface area contributed by atoms with E-state index in [-0.39, 0.29) is 12.3 Å². The van der Waals surface area contributed by atoms with Crippen LogP contribution >= 0.6 is 11.6 Å². The predicted octanol–water partition coefficient (Wildman–Crippen LogP) is 2.13. The molecule has 0 heterocycles. The Labute approximate surface area is 146 Å². The monoisotopic (exact) mass is 355 g/mol. The van der Waals surface area contributed by atoms with Crippen LogP contribution in [0.15, 0.2) is 24.3 Å². The Hall–Kier alpha value is -2.08. The highest BCUT2D eigenvalue weighted by molar-refractivity contribution is 6.30. The van der Waals surface area contributed by atoms with Gasteiger partial charge < -0.3 is 14.8 Å². The second kappa shape index (κ2) is 9.93. The molecule has 24 heavy (non-hydrogen) atoms. The zero-order valence-electron chi connectivity index (χ0n) is 14.0. The van der Waals surface area contributed by atoms with Crippen molar-refractivity contribution in [1.82, 2.24) is 5.32 Å². The number of carbonyl (C=O) groups excluding carboxylic acids is 3. The Morgan fingerprint density at radius 3 is 2.38 bits per heavy atom. The van der Waals surface area contributed by atoms with Gasteiger partial charge in [0.15, 0.2) is 6.61 Å². The van der Waals surface area contributed by atoms with E-state index in [9.17, 15) is 14.4 Å². The van der Waals surface area contributed by atoms with Crippen LogP contribution in [0.5, 0.6) is 0 Å². The lowest BCUT2D eigenvalue weighted by Crippen LogP contribution is -2.47. The number of nitrogens with one attached hydrogen (secondary N) is 1. The molecule has 7 heteroatoms. The van der Waals surface area contributed by atoms with Gasteiger partial charge in [-0.1, -0.05) is 44.0 Å². The van der Waals surface area contributed by atoms with Crippen molar-refractivity contribution in [3.8, 4) is 0 Å². The van der Waals surface area contributed by atoms with Crippen LogP contribution in [0, 0.1) is 5.92 Å². The molecule has 0 aliphatic carbocycles. The summed E-state index contributed by atoms with van der Waals surface area (Å²) >= 11 is 5.77. The van der Waals surface area contributed by atoms with Crippen molar-refractivity contribution in [2.24, 2.45) is 5.92 Å². The first kappa shape index (κ1) is 20.0. The number of carbonyl (C=O) groups is 3. The summed E-state index contributed by atoms with van der Waals surface area (Å²) in [5.41, 5.74) is 0.733. The van der Waals surface area contributed by atoms with Gasteiger partial charge in [0.25, 0.3) is 5.91 Å². The van der Waals surface area contributed by atoms with E-state index in [4.69, 9.17) is 16.3 Å². The van der Waals surface area contributed by atoms with Crippen LogP contribution in [-0.4, -0.2) is 37.6 Å². The molecule has 0 saturated carbocycles. The number of rotatable bonds is 8. The highest BCUT2D eigenvalue weighted by atomic mass is 35.5. The molecule has 0 unspecified atom stereocenters. The summed E-state index contributed by atoms with van der Waals surface area (Å²) in [5, 5.41) is 3.11. The number of amides is 1. The van der Waals surface area contributed by atoms with Gasteiger partial charge in [-0.25, -0.2) is 4.79 Å². The van der Waals surface area contributed by atoms with Gasteiger partial charge in [0.05, 0.1) is 13.5 Å². The van der Waals surface area contributed by atoms with E-state index in [0.717, 1.165) is 5.56 Å². The van der Waals surface area contributed by atoms with Gasteiger partial charge in [-0.15, -0.1) is 0 Å². The molecule has 1 rings (SSSR count). The Bertz CT molecular complexity index is 573. The Morgan fingerprint density at radius 2 is 1.83 bits per heavy atom. The number of hydrogen-bond donors (Lipinski definition) is 1. The third-order valence-corrected chi connectivity index (χ3v) is 3.86. The standard InChI is InChI=1S/C17H22ClNO5/c1-4-11(2)16(17(22)23-3)19-14(20)10-24-15(21)9-12-5-7-13(18)8-6-12/h5-8,11,16H,4,9-10H2,1-3H3,(H,19,20)/t11-,16+/m1/s1. The molecule has 0 radical (unpaired) electrons. The van der Waals surface area contributed by atoms with Crippen LogP contribution in [0.4, 0.5) is 0 Å². The van der Waals surface area contributed by atoms with Crippen LogP contribution in [-0.2, 0) is 30.3 Å². The first-order valence-corrected chi connectivity index (χ1v) is 8.02. The van der Waals surface area contributed by atoms with E-state index in [1.807, 2.05) is 13.8 Å². The van der Waals surface area contributed by atoms with Gasteiger partial charge >= 0.3 is 11.9 Å². The highest BCUT2D eigenvalue weighted by Crippen LogP contribution is 2.11. The molecule has 0 spiro atoms. The second-order valence-corrected chi connectivity index (χ2v) is 5.85. The minimum Gasteiger partial charge on any atom is -0.467 e. The van der Waals surface area contributed by atoms with E-state index in [1.165, 1.54) is 7.11 Å². The maximum absolute atomic E-state index is 11.9. The first-order valence-electron chi connectivity index (χ1n) is 7.64. The summed E-state index contributed by atoms with van der Waals surface area (Å²) in [7, 11) is 1.26. The molecule has 1 amide bonds. The van der Waals surface area contributed by atoms with Crippen molar-refractivity contribution in [3.05, 3.63) is 34.9 Å². The molecule has 0 bridgehead atoms. The Morgan fingerprint density at radius 1 is 1.21 bits per heavy atom. The van der Waals surface area contributed by atoms with E-state index < -0.39 is 30.5 Å². The van der Waals surface area contributed by atoms with Crippen LogP contribution < -0.4 is 5.32 Å². The van der Waals surface area contributed by atoms with Crippen LogP contribution in [0.1, 0.15) is 25.8 Å². The maximum Gasteiger partial charge on any atom is 0.328 e. The molecule has 2 atom stereocenters. The van der Waals surface area contributed by atoms with Gasteiger partial charge in [0, 0.05) is 5.02 Å². The van der Waals surface area contributed by atoms with Crippen molar-refractivity contribution in [2.45, 2.75) is 32.7 Å². The van der Waals surface area contributed by atoms with Gasteiger partial charge in [-0.2, -0.15) is 0 Å². The average molecular weight is 356 g/mol. The van der Waals surface area contributed by atoms with Gasteiger partial charge in [-0.05, 0) is 23.6 Å². The third kappa shape index (κ3) is 6.58. The maximum atomic E-state index is 11.9. The van der Waals surface area contributed by atoms with Crippen molar-refractivity contribution < 1.29 is 23.9 Å². The molecule has 132 valence electrons. The smallest absolute Gasteiger partial charge is 0.328 e. The largest absolute Gasteiger partial charge is 0.467 e. The van der Waals surface area contributed by atoms with Crippen molar-refractivity contribution in [1.29, 1.82) is 0 Å². The first-order chi connectivity index (χ1) is 11.4. The van der Waals surface area contributed by atoms with E-state index in [0.29, 0.717) is 11.4 Å². The van der Waals surface area contributed by atoms with Gasteiger partial charge in [0.1, 0.15) is 6.04 Å². The fourth-order valence-corrected chi connectivity index (χ4v) is 2.10. The molecular weight excluding hydrogens is 334 g/mol. The van der Waals surface area contributed by atoms with Gasteiger partial charge in [0.2, 0.25) is 0 Å². The second-order valence-electron chi connectivity index (χ2n) is 5.42. The number of esters is 2. The Kier molecular flexibility index (Phi) is 8.26. The van der Waals surface area contributed by atoms with E-state index in [1.54, 1.807) is 24.3 Å². The van der Waals surface area contributed by atoms with Crippen LogP contribution in [0.3, 0.4) is 0 Å². The third-order valence-electron chi connectivity index (χ3n) is 3.61. The Balaban J connectivity index is 2.47. The summed E-state index contributed by atoms with van der Waals surface area (Å²) in [6.07, 6.45) is 0.729. The summed E-state index contributed by atoms with van der Waals surface area (Å²) in [4.78, 5) is 35.3. The lowest BCUT2D eigenvalue weighted by Gasteiger charge is -2.21. The van der Waals surface area contributed by atoms with Crippen molar-refractivity contribution in [2.75, 3.05) is 13.7 Å². The zero-order valence-corrected chi connectivity index (χ0v) is 14.8. The molecule has 0 aliphatic rings. The number of halogens is 1. The molecular formula is C17H22ClNO5. The normalized spacial score (nSPS) is 12.8.